The number of hydrogen-bond acceptors (Lipinski definition) is 3. The van der Waals surface area contributed by atoms with E-state index in [1.807, 2.05) is 0 Å². The zero-order valence-corrected chi connectivity index (χ0v) is 24.8. The van der Waals surface area contributed by atoms with Crippen LogP contribution >= 0.6 is 0 Å². The Kier molecular flexibility index (Phi) is 9.71. The van der Waals surface area contributed by atoms with Gasteiger partial charge in [-0.15, -0.1) is 0 Å². The summed E-state index contributed by atoms with van der Waals surface area (Å²) in [6.45, 7) is 14.5. The standard InChI is InChI=1S/C34H56O3/c1-24(2)18-31(33(4,5)6)28-11-15-30(16-12-28)37-32(36-29-13-9-26(23-35)10-14-29)22-34-17-7-8-27(21-34)19-25(3)20-34/h11-12,15-16,24-27,29,31-32,35H,7-10,13-14,17-23H2,1-6H3. The minimum absolute atomic E-state index is 0.181. The first-order chi connectivity index (χ1) is 17.5. The van der Waals surface area contributed by atoms with Crippen molar-refractivity contribution in [2.24, 2.45) is 34.5 Å². The van der Waals surface area contributed by atoms with Crippen LogP contribution in [0, 0.1) is 34.5 Å². The lowest BCUT2D eigenvalue weighted by atomic mass is 9.58. The smallest absolute Gasteiger partial charge is 0.200 e. The van der Waals surface area contributed by atoms with Crippen LogP contribution in [0.2, 0.25) is 0 Å². The van der Waals surface area contributed by atoms with E-state index in [1.165, 1.54) is 50.5 Å². The number of hydrogen-bond donors (Lipinski definition) is 1. The molecule has 4 rings (SSSR count). The predicted molar refractivity (Wildman–Crippen MR) is 154 cm³/mol. The van der Waals surface area contributed by atoms with E-state index in [-0.39, 0.29) is 17.8 Å². The quantitative estimate of drug-likeness (QED) is 0.318. The summed E-state index contributed by atoms with van der Waals surface area (Å²) in [4.78, 5) is 0. The first-order valence-corrected chi connectivity index (χ1v) is 15.6. The third-order valence-corrected chi connectivity index (χ3v) is 9.86. The minimum atomic E-state index is -0.181. The largest absolute Gasteiger partial charge is 0.465 e. The highest BCUT2D eigenvalue weighted by Crippen LogP contribution is 2.54. The molecule has 1 aromatic rings. The van der Waals surface area contributed by atoms with Gasteiger partial charge in [0.25, 0.3) is 0 Å². The molecule has 0 spiro atoms. The van der Waals surface area contributed by atoms with Crippen molar-refractivity contribution in [3.05, 3.63) is 29.8 Å². The van der Waals surface area contributed by atoms with E-state index >= 15 is 0 Å². The SMILES string of the molecule is CC(C)CC(c1ccc(OC(CC23CCCC(CC(C)C2)C3)OC2CCC(CO)CC2)cc1)C(C)(C)C. The van der Waals surface area contributed by atoms with Crippen LogP contribution in [0.15, 0.2) is 24.3 Å². The van der Waals surface area contributed by atoms with Crippen molar-refractivity contribution in [3.63, 3.8) is 0 Å². The molecule has 0 radical (unpaired) electrons. The number of rotatable bonds is 10. The number of benzene rings is 1. The summed E-state index contributed by atoms with van der Waals surface area (Å²) in [7, 11) is 0. The van der Waals surface area contributed by atoms with Gasteiger partial charge in [-0.2, -0.15) is 0 Å². The Balaban J connectivity index is 1.49. The average molecular weight is 513 g/mol. The maximum absolute atomic E-state index is 9.59. The van der Waals surface area contributed by atoms with Gasteiger partial charge in [0.2, 0.25) is 6.29 Å². The van der Waals surface area contributed by atoms with E-state index in [0.717, 1.165) is 49.7 Å². The molecule has 3 aliphatic rings. The molecule has 3 fully saturated rings. The fraction of sp³-hybridized carbons (Fsp3) is 0.824. The highest BCUT2D eigenvalue weighted by atomic mass is 16.7. The fourth-order valence-electron chi connectivity index (χ4n) is 8.16. The van der Waals surface area contributed by atoms with Gasteiger partial charge in [-0.1, -0.05) is 66.5 Å². The van der Waals surface area contributed by atoms with Crippen molar-refractivity contribution in [1.29, 1.82) is 0 Å². The molecule has 0 aromatic heterocycles. The van der Waals surface area contributed by atoms with E-state index in [1.54, 1.807) is 0 Å². The van der Waals surface area contributed by atoms with E-state index in [0.29, 0.717) is 29.8 Å². The molecule has 2 bridgehead atoms. The van der Waals surface area contributed by atoms with Crippen LogP contribution < -0.4 is 4.74 Å². The van der Waals surface area contributed by atoms with Crippen molar-refractivity contribution in [1.82, 2.24) is 0 Å². The van der Waals surface area contributed by atoms with Crippen LogP contribution in [0.4, 0.5) is 0 Å². The molecule has 0 amide bonds. The molecule has 37 heavy (non-hydrogen) atoms. The summed E-state index contributed by atoms with van der Waals surface area (Å²) >= 11 is 0. The monoisotopic (exact) mass is 512 g/mol. The Morgan fingerprint density at radius 3 is 2.32 bits per heavy atom. The third-order valence-electron chi connectivity index (χ3n) is 9.86. The Bertz CT molecular complexity index is 812. The molecule has 3 nitrogen and oxygen atoms in total. The minimum Gasteiger partial charge on any atom is -0.465 e. The van der Waals surface area contributed by atoms with Gasteiger partial charge in [0.15, 0.2) is 0 Å². The molecule has 3 heteroatoms. The van der Waals surface area contributed by atoms with Gasteiger partial charge < -0.3 is 14.6 Å². The topological polar surface area (TPSA) is 38.7 Å². The second-order valence-corrected chi connectivity index (χ2v) is 14.8. The normalized spacial score (nSPS) is 32.2. The Morgan fingerprint density at radius 1 is 1.00 bits per heavy atom. The van der Waals surface area contributed by atoms with Crippen molar-refractivity contribution in [2.75, 3.05) is 6.61 Å². The number of fused-ring (bicyclic) bond motifs is 2. The predicted octanol–water partition coefficient (Wildman–Crippen LogP) is 9.13. The molecule has 3 saturated carbocycles. The van der Waals surface area contributed by atoms with Crippen LogP contribution in [-0.4, -0.2) is 24.1 Å². The molecule has 1 aromatic carbocycles. The number of aliphatic hydroxyl groups is 1. The van der Waals surface area contributed by atoms with Gasteiger partial charge in [-0.25, -0.2) is 0 Å². The van der Waals surface area contributed by atoms with E-state index < -0.39 is 0 Å². The van der Waals surface area contributed by atoms with Crippen LogP contribution in [0.1, 0.15) is 130 Å². The van der Waals surface area contributed by atoms with Gasteiger partial charge in [0.05, 0.1) is 6.10 Å². The molecule has 5 atom stereocenters. The van der Waals surface area contributed by atoms with Gasteiger partial charge in [-0.3, -0.25) is 0 Å². The van der Waals surface area contributed by atoms with Crippen molar-refractivity contribution >= 4 is 0 Å². The lowest BCUT2D eigenvalue weighted by Crippen LogP contribution is -2.41. The molecule has 5 unspecified atom stereocenters. The summed E-state index contributed by atoms with van der Waals surface area (Å²) in [6.07, 6.45) is 14.7. The lowest BCUT2D eigenvalue weighted by molar-refractivity contribution is -0.159. The summed E-state index contributed by atoms with van der Waals surface area (Å²) < 4.78 is 13.5. The first kappa shape index (κ1) is 28.9. The first-order valence-electron chi connectivity index (χ1n) is 15.6. The molecule has 210 valence electrons. The number of aliphatic hydroxyl groups excluding tert-OH is 1. The zero-order chi connectivity index (χ0) is 26.6. The second kappa shape index (κ2) is 12.4. The zero-order valence-electron chi connectivity index (χ0n) is 24.8. The van der Waals surface area contributed by atoms with Crippen LogP contribution in [-0.2, 0) is 4.74 Å². The van der Waals surface area contributed by atoms with Crippen molar-refractivity contribution in [3.8, 4) is 5.75 Å². The maximum Gasteiger partial charge on any atom is 0.200 e. The average Bonchev–Trinajstić information content (AvgIpc) is 2.82. The molecule has 0 aliphatic heterocycles. The Morgan fingerprint density at radius 2 is 1.70 bits per heavy atom. The maximum atomic E-state index is 9.59. The van der Waals surface area contributed by atoms with Gasteiger partial charge in [0, 0.05) is 13.0 Å². The van der Waals surface area contributed by atoms with Crippen molar-refractivity contribution < 1.29 is 14.6 Å². The summed E-state index contributed by atoms with van der Waals surface area (Å²) in [5.74, 6) is 4.32. The Labute approximate surface area is 228 Å². The molecular formula is C34H56O3. The number of ether oxygens (including phenoxy) is 2. The van der Waals surface area contributed by atoms with Gasteiger partial charge >= 0.3 is 0 Å². The van der Waals surface area contributed by atoms with Gasteiger partial charge in [0.1, 0.15) is 5.75 Å². The molecule has 0 heterocycles. The molecule has 3 aliphatic carbocycles. The lowest BCUT2D eigenvalue weighted by Gasteiger charge is -2.49. The van der Waals surface area contributed by atoms with Gasteiger partial charge in [-0.05, 0) is 116 Å². The van der Waals surface area contributed by atoms with Crippen LogP contribution in [0.5, 0.6) is 5.75 Å². The van der Waals surface area contributed by atoms with E-state index in [2.05, 4.69) is 65.8 Å². The highest BCUT2D eigenvalue weighted by Gasteiger charge is 2.44. The fourth-order valence-corrected chi connectivity index (χ4v) is 8.16. The van der Waals surface area contributed by atoms with E-state index in [9.17, 15) is 5.11 Å². The van der Waals surface area contributed by atoms with E-state index in [4.69, 9.17) is 9.47 Å². The highest BCUT2D eigenvalue weighted by molar-refractivity contribution is 5.30. The summed E-state index contributed by atoms with van der Waals surface area (Å²) in [5, 5.41) is 9.59. The van der Waals surface area contributed by atoms with Crippen molar-refractivity contribution in [2.45, 2.75) is 137 Å². The Hall–Kier alpha value is -1.06. The van der Waals surface area contributed by atoms with Crippen LogP contribution in [0.25, 0.3) is 0 Å². The summed E-state index contributed by atoms with van der Waals surface area (Å²) in [5.41, 5.74) is 2.03. The third kappa shape index (κ3) is 7.98. The molecule has 0 saturated heterocycles. The van der Waals surface area contributed by atoms with Crippen LogP contribution in [0.3, 0.4) is 0 Å². The second-order valence-electron chi connectivity index (χ2n) is 14.8. The summed E-state index contributed by atoms with van der Waals surface area (Å²) in [6, 6.07) is 8.99. The molecule has 1 N–H and O–H groups in total. The molecular weight excluding hydrogens is 456 g/mol.